The summed E-state index contributed by atoms with van der Waals surface area (Å²) < 4.78 is 17.2. The minimum atomic E-state index is -1.29. The standard InChI is InChI=1S/C17H17BrFN3O3/c18-13-14-10(7-12(19)15(13)21-5-3-20-4-6-21)16(23)11(17(24)25)8-22(14)9-1-2-9/h7-9,20H,1-6H2,(H,24,25). The van der Waals surface area contributed by atoms with Gasteiger partial charge in [-0.15, -0.1) is 0 Å². The van der Waals surface area contributed by atoms with Crippen molar-refractivity contribution < 1.29 is 14.3 Å². The highest BCUT2D eigenvalue weighted by molar-refractivity contribution is 9.10. The Balaban J connectivity index is 2.02. The lowest BCUT2D eigenvalue weighted by Gasteiger charge is -2.31. The lowest BCUT2D eigenvalue weighted by atomic mass is 10.1. The van der Waals surface area contributed by atoms with E-state index in [-0.39, 0.29) is 17.0 Å². The van der Waals surface area contributed by atoms with E-state index in [1.54, 1.807) is 0 Å². The van der Waals surface area contributed by atoms with Gasteiger partial charge in [0.1, 0.15) is 11.4 Å². The second-order valence-corrected chi connectivity index (χ2v) is 7.26. The third-order valence-electron chi connectivity index (χ3n) is 4.79. The topological polar surface area (TPSA) is 74.6 Å². The van der Waals surface area contributed by atoms with Gasteiger partial charge in [0, 0.05) is 38.4 Å². The Labute approximate surface area is 151 Å². The van der Waals surface area contributed by atoms with Crippen molar-refractivity contribution in [1.82, 2.24) is 9.88 Å². The smallest absolute Gasteiger partial charge is 0.341 e. The lowest BCUT2D eigenvalue weighted by Crippen LogP contribution is -2.44. The van der Waals surface area contributed by atoms with Crippen LogP contribution in [0.2, 0.25) is 0 Å². The van der Waals surface area contributed by atoms with Gasteiger partial charge < -0.3 is 19.9 Å². The van der Waals surface area contributed by atoms with Crippen molar-refractivity contribution in [3.8, 4) is 0 Å². The Morgan fingerprint density at radius 1 is 1.32 bits per heavy atom. The van der Waals surface area contributed by atoms with E-state index >= 15 is 0 Å². The molecule has 1 aromatic carbocycles. The van der Waals surface area contributed by atoms with Crippen LogP contribution >= 0.6 is 15.9 Å². The number of halogens is 2. The number of carbonyl (C=O) groups is 1. The fraction of sp³-hybridized carbons (Fsp3) is 0.412. The van der Waals surface area contributed by atoms with Gasteiger partial charge in [0.15, 0.2) is 0 Å². The number of aromatic nitrogens is 1. The zero-order valence-electron chi connectivity index (χ0n) is 13.4. The number of carboxylic acid groups (broad SMARTS) is 1. The molecule has 0 amide bonds. The summed E-state index contributed by atoms with van der Waals surface area (Å²) in [5.41, 5.74) is 0.0461. The Hall–Kier alpha value is -1.93. The molecular formula is C17H17BrFN3O3. The first-order valence-electron chi connectivity index (χ1n) is 8.25. The molecule has 4 rings (SSSR count). The van der Waals surface area contributed by atoms with E-state index in [2.05, 4.69) is 21.2 Å². The molecule has 0 atom stereocenters. The van der Waals surface area contributed by atoms with Gasteiger partial charge in [-0.3, -0.25) is 4.79 Å². The van der Waals surface area contributed by atoms with E-state index in [9.17, 15) is 19.1 Å². The predicted octanol–water partition coefficient (Wildman–Crippen LogP) is 2.35. The van der Waals surface area contributed by atoms with Crippen LogP contribution < -0.4 is 15.6 Å². The van der Waals surface area contributed by atoms with Gasteiger partial charge in [-0.2, -0.15) is 0 Å². The summed E-state index contributed by atoms with van der Waals surface area (Å²) in [6, 6.07) is 1.34. The Kier molecular flexibility index (Phi) is 4.04. The second kappa shape index (κ2) is 6.10. The third kappa shape index (κ3) is 2.73. The molecule has 132 valence electrons. The number of hydrogen-bond donors (Lipinski definition) is 2. The molecule has 0 spiro atoms. The SMILES string of the molecule is O=C(O)c1cn(C2CC2)c2c(Br)c(N3CCNCC3)c(F)cc2c1=O. The van der Waals surface area contributed by atoms with Crippen LogP contribution in [0.5, 0.6) is 0 Å². The van der Waals surface area contributed by atoms with Crippen LogP contribution in [0.4, 0.5) is 10.1 Å². The van der Waals surface area contributed by atoms with E-state index in [1.165, 1.54) is 12.3 Å². The molecule has 6 nitrogen and oxygen atoms in total. The fourth-order valence-electron chi connectivity index (χ4n) is 3.40. The predicted molar refractivity (Wildman–Crippen MR) is 96.2 cm³/mol. The number of benzene rings is 1. The number of nitrogens with one attached hydrogen (secondary N) is 1. The molecule has 0 radical (unpaired) electrons. The normalized spacial score (nSPS) is 17.9. The van der Waals surface area contributed by atoms with E-state index in [1.807, 2.05) is 9.47 Å². The number of pyridine rings is 1. The van der Waals surface area contributed by atoms with Gasteiger partial charge in [0.2, 0.25) is 5.43 Å². The maximum absolute atomic E-state index is 14.8. The van der Waals surface area contributed by atoms with Crippen LogP contribution in [0.25, 0.3) is 10.9 Å². The summed E-state index contributed by atoms with van der Waals surface area (Å²) in [6.45, 7) is 2.86. The molecule has 2 heterocycles. The van der Waals surface area contributed by atoms with Crippen molar-refractivity contribution in [2.45, 2.75) is 18.9 Å². The highest BCUT2D eigenvalue weighted by Gasteiger charge is 2.30. The lowest BCUT2D eigenvalue weighted by molar-refractivity contribution is 0.0695. The number of piperazine rings is 1. The fourth-order valence-corrected chi connectivity index (χ4v) is 4.26. The first kappa shape index (κ1) is 16.5. The van der Waals surface area contributed by atoms with Crippen molar-refractivity contribution in [2.75, 3.05) is 31.1 Å². The number of anilines is 1. The molecular weight excluding hydrogens is 393 g/mol. The molecule has 0 bridgehead atoms. The first-order chi connectivity index (χ1) is 12.0. The summed E-state index contributed by atoms with van der Waals surface area (Å²) in [5, 5.41) is 12.7. The van der Waals surface area contributed by atoms with Crippen molar-refractivity contribution >= 4 is 38.5 Å². The molecule has 1 aliphatic carbocycles. The van der Waals surface area contributed by atoms with Gasteiger partial charge >= 0.3 is 5.97 Å². The van der Waals surface area contributed by atoms with Crippen LogP contribution in [-0.4, -0.2) is 41.8 Å². The minimum absolute atomic E-state index is 0.107. The number of rotatable bonds is 3. The number of hydrogen-bond acceptors (Lipinski definition) is 4. The summed E-state index contributed by atoms with van der Waals surface area (Å²) >= 11 is 3.50. The van der Waals surface area contributed by atoms with Gasteiger partial charge in [-0.1, -0.05) is 0 Å². The van der Waals surface area contributed by atoms with Crippen LogP contribution in [0.1, 0.15) is 29.2 Å². The molecule has 0 unspecified atom stereocenters. The number of aromatic carboxylic acids is 1. The van der Waals surface area contributed by atoms with E-state index in [4.69, 9.17) is 0 Å². The molecule has 2 aliphatic rings. The molecule has 8 heteroatoms. The van der Waals surface area contributed by atoms with Crippen LogP contribution in [0, 0.1) is 5.82 Å². The maximum Gasteiger partial charge on any atom is 0.341 e. The molecule has 1 aromatic heterocycles. The van der Waals surface area contributed by atoms with Crippen LogP contribution in [-0.2, 0) is 0 Å². The summed E-state index contributed by atoms with van der Waals surface area (Å²) in [7, 11) is 0. The molecule has 2 fully saturated rings. The average Bonchev–Trinajstić information content (AvgIpc) is 3.41. The zero-order chi connectivity index (χ0) is 17.7. The molecule has 1 aliphatic heterocycles. The molecule has 25 heavy (non-hydrogen) atoms. The summed E-state index contributed by atoms with van der Waals surface area (Å²) in [6.07, 6.45) is 3.24. The van der Waals surface area contributed by atoms with Crippen molar-refractivity contribution in [3.05, 3.63) is 38.3 Å². The Bertz CT molecular complexity index is 933. The Morgan fingerprint density at radius 3 is 2.60 bits per heavy atom. The van der Waals surface area contributed by atoms with Crippen molar-refractivity contribution in [2.24, 2.45) is 0 Å². The largest absolute Gasteiger partial charge is 0.477 e. The molecule has 1 saturated heterocycles. The Morgan fingerprint density at radius 2 is 2.00 bits per heavy atom. The highest BCUT2D eigenvalue weighted by Crippen LogP contribution is 2.42. The van der Waals surface area contributed by atoms with Gasteiger partial charge in [-0.05, 0) is 34.8 Å². The van der Waals surface area contributed by atoms with E-state index in [0.29, 0.717) is 28.8 Å². The van der Waals surface area contributed by atoms with Crippen LogP contribution in [0.15, 0.2) is 21.5 Å². The third-order valence-corrected chi connectivity index (χ3v) is 5.54. The molecule has 2 N–H and O–H groups in total. The number of nitrogens with zero attached hydrogens (tertiary/aromatic N) is 2. The highest BCUT2D eigenvalue weighted by atomic mass is 79.9. The monoisotopic (exact) mass is 409 g/mol. The number of fused-ring (bicyclic) bond motifs is 1. The summed E-state index contributed by atoms with van der Waals surface area (Å²) in [4.78, 5) is 25.9. The van der Waals surface area contributed by atoms with Gasteiger partial charge in [0.05, 0.1) is 21.1 Å². The quantitative estimate of drug-likeness (QED) is 0.813. The zero-order valence-corrected chi connectivity index (χ0v) is 15.0. The second-order valence-electron chi connectivity index (χ2n) is 6.47. The first-order valence-corrected chi connectivity index (χ1v) is 9.04. The molecule has 2 aromatic rings. The maximum atomic E-state index is 14.8. The van der Waals surface area contributed by atoms with Gasteiger partial charge in [-0.25, -0.2) is 9.18 Å². The van der Waals surface area contributed by atoms with Gasteiger partial charge in [0.25, 0.3) is 0 Å². The van der Waals surface area contributed by atoms with E-state index < -0.39 is 17.2 Å². The summed E-state index contributed by atoms with van der Waals surface area (Å²) in [5.74, 6) is -1.80. The minimum Gasteiger partial charge on any atom is -0.477 e. The van der Waals surface area contributed by atoms with Crippen LogP contribution in [0.3, 0.4) is 0 Å². The average molecular weight is 410 g/mol. The van der Waals surface area contributed by atoms with Crippen molar-refractivity contribution in [1.29, 1.82) is 0 Å². The number of carboxylic acids is 1. The molecule has 1 saturated carbocycles. The van der Waals surface area contributed by atoms with E-state index in [0.717, 1.165) is 25.9 Å². The van der Waals surface area contributed by atoms with Crippen molar-refractivity contribution in [3.63, 3.8) is 0 Å².